The molecule has 1 N–H and O–H groups in total. The lowest BCUT2D eigenvalue weighted by Crippen LogP contribution is -2.67. The van der Waals surface area contributed by atoms with Gasteiger partial charge in [-0.2, -0.15) is 5.01 Å². The highest BCUT2D eigenvalue weighted by Crippen LogP contribution is 2.28. The summed E-state index contributed by atoms with van der Waals surface area (Å²) in [6.45, 7) is 3.87. The number of hydrogen-bond acceptors (Lipinski definition) is 12. The highest BCUT2D eigenvalue weighted by Gasteiger charge is 2.52. The number of nitrogens with one attached hydrogen (secondary N) is 1. The van der Waals surface area contributed by atoms with Crippen LogP contribution in [0.15, 0.2) is 5.29 Å². The third-order valence-corrected chi connectivity index (χ3v) is 3.69. The number of ether oxygens (including phenoxy) is 5. The van der Waals surface area contributed by atoms with Crippen molar-refractivity contribution < 1.29 is 47.7 Å². The number of amides is 2. The minimum absolute atomic E-state index is 0.390. The molecule has 1 fully saturated rings. The Morgan fingerprint density at radius 1 is 0.900 bits per heavy atom. The van der Waals surface area contributed by atoms with Crippen LogP contribution < -0.4 is 5.32 Å². The summed E-state index contributed by atoms with van der Waals surface area (Å²) in [6.07, 6.45) is -5.57. The first-order chi connectivity index (χ1) is 14.0. The summed E-state index contributed by atoms with van der Waals surface area (Å²) in [6, 6.07) is -2.46. The quantitative estimate of drug-likeness (QED) is 0.234. The standard InChI is InChI=1S/C16H23N3O11/c1-7(20)26-6-11-13(27-8(2)21)14(28-9(3)22)12(15(30-11)29-10(4)23)17-16(24)19(5)18-25/h11-15H,6H2,1-5H3,(H,17,24)/t11-,12-,13-,14-,15?/m1/s1. The number of carbonyl (C=O) groups excluding carboxylic acids is 5. The van der Waals surface area contributed by atoms with Crippen molar-refractivity contribution in [1.82, 2.24) is 10.3 Å². The van der Waals surface area contributed by atoms with Gasteiger partial charge in [0.15, 0.2) is 12.2 Å². The first kappa shape index (κ1) is 24.7. The fraction of sp³-hybridized carbons (Fsp3) is 0.688. The molecule has 1 saturated heterocycles. The van der Waals surface area contributed by atoms with Gasteiger partial charge in [-0.05, 0) is 0 Å². The van der Waals surface area contributed by atoms with E-state index in [1.54, 1.807) is 0 Å². The molecule has 0 bridgehead atoms. The van der Waals surface area contributed by atoms with Crippen molar-refractivity contribution in [3.63, 3.8) is 0 Å². The zero-order valence-electron chi connectivity index (χ0n) is 17.0. The van der Waals surface area contributed by atoms with E-state index in [9.17, 15) is 28.9 Å². The van der Waals surface area contributed by atoms with Gasteiger partial charge in [0, 0.05) is 34.7 Å². The van der Waals surface area contributed by atoms with E-state index >= 15 is 0 Å². The number of nitrogens with zero attached hydrogens (tertiary/aromatic N) is 2. The first-order valence-corrected chi connectivity index (χ1v) is 8.64. The number of nitroso groups, excluding NO2 is 1. The smallest absolute Gasteiger partial charge is 0.340 e. The molecule has 0 aliphatic carbocycles. The van der Waals surface area contributed by atoms with Gasteiger partial charge in [0.2, 0.25) is 6.29 Å². The van der Waals surface area contributed by atoms with Crippen LogP contribution in [0.3, 0.4) is 0 Å². The molecule has 1 aliphatic heterocycles. The monoisotopic (exact) mass is 433 g/mol. The Labute approximate surface area is 171 Å². The third-order valence-electron chi connectivity index (χ3n) is 3.69. The van der Waals surface area contributed by atoms with E-state index in [1.807, 2.05) is 0 Å². The number of urea groups is 1. The van der Waals surface area contributed by atoms with E-state index in [0.29, 0.717) is 5.01 Å². The van der Waals surface area contributed by atoms with E-state index in [-0.39, 0.29) is 0 Å². The second kappa shape index (κ2) is 11.0. The van der Waals surface area contributed by atoms with Gasteiger partial charge >= 0.3 is 29.9 Å². The predicted molar refractivity (Wildman–Crippen MR) is 94.0 cm³/mol. The molecule has 1 heterocycles. The lowest BCUT2D eigenvalue weighted by atomic mass is 9.96. The molecule has 14 heteroatoms. The van der Waals surface area contributed by atoms with Crippen molar-refractivity contribution in [2.24, 2.45) is 5.29 Å². The minimum atomic E-state index is -1.55. The van der Waals surface area contributed by atoms with Crippen molar-refractivity contribution in [3.05, 3.63) is 4.91 Å². The van der Waals surface area contributed by atoms with Crippen LogP contribution in [0.2, 0.25) is 0 Å². The first-order valence-electron chi connectivity index (χ1n) is 8.64. The zero-order chi connectivity index (χ0) is 23.0. The molecule has 0 saturated carbocycles. The molecule has 0 aromatic heterocycles. The molecule has 14 nitrogen and oxygen atoms in total. The van der Waals surface area contributed by atoms with E-state index in [4.69, 9.17) is 23.7 Å². The summed E-state index contributed by atoms with van der Waals surface area (Å²) in [5, 5.41) is 5.10. The van der Waals surface area contributed by atoms with Crippen molar-refractivity contribution in [1.29, 1.82) is 0 Å². The van der Waals surface area contributed by atoms with Gasteiger partial charge in [-0.3, -0.25) is 19.2 Å². The second-order valence-electron chi connectivity index (χ2n) is 6.18. The molecule has 0 aromatic carbocycles. The molecule has 168 valence electrons. The largest absolute Gasteiger partial charge is 0.463 e. The average Bonchev–Trinajstić information content (AvgIpc) is 2.62. The third kappa shape index (κ3) is 7.27. The maximum absolute atomic E-state index is 12.1. The Morgan fingerprint density at radius 2 is 1.43 bits per heavy atom. The molecule has 0 radical (unpaired) electrons. The van der Waals surface area contributed by atoms with E-state index < -0.39 is 67.2 Å². The van der Waals surface area contributed by atoms with Crippen LogP contribution in [0.1, 0.15) is 27.7 Å². The van der Waals surface area contributed by atoms with Gasteiger partial charge in [-0.15, -0.1) is 4.91 Å². The van der Waals surface area contributed by atoms with Crippen molar-refractivity contribution in [2.45, 2.75) is 58.3 Å². The fourth-order valence-electron chi connectivity index (χ4n) is 2.59. The van der Waals surface area contributed by atoms with Gasteiger partial charge < -0.3 is 29.0 Å². The Bertz CT molecular complexity index is 698. The van der Waals surface area contributed by atoms with Gasteiger partial charge in [-0.1, -0.05) is 0 Å². The number of esters is 4. The van der Waals surface area contributed by atoms with Crippen LogP contribution in [-0.2, 0) is 42.9 Å². The molecule has 1 unspecified atom stereocenters. The minimum Gasteiger partial charge on any atom is -0.463 e. The molecule has 0 aromatic rings. The molecular formula is C16H23N3O11. The van der Waals surface area contributed by atoms with Gasteiger partial charge in [0.25, 0.3) is 0 Å². The Kier molecular flexibility index (Phi) is 9.11. The number of hydrogen-bond donors (Lipinski definition) is 1. The van der Waals surface area contributed by atoms with Crippen molar-refractivity contribution in [2.75, 3.05) is 13.7 Å². The van der Waals surface area contributed by atoms with Crippen LogP contribution >= 0.6 is 0 Å². The zero-order valence-corrected chi connectivity index (χ0v) is 17.0. The van der Waals surface area contributed by atoms with E-state index in [0.717, 1.165) is 34.7 Å². The molecule has 1 aliphatic rings. The summed E-state index contributed by atoms with van der Waals surface area (Å²) in [7, 11) is 1.04. The molecule has 1 rings (SSSR count). The number of rotatable bonds is 7. The summed E-state index contributed by atoms with van der Waals surface area (Å²) < 4.78 is 25.9. The molecule has 5 atom stereocenters. The number of carbonyl (C=O) groups is 5. The maximum Gasteiger partial charge on any atom is 0.340 e. The van der Waals surface area contributed by atoms with E-state index in [2.05, 4.69) is 10.6 Å². The normalized spacial score (nSPS) is 25.3. The topological polar surface area (TPSA) is 176 Å². The summed E-state index contributed by atoms with van der Waals surface area (Å²) >= 11 is 0. The van der Waals surface area contributed by atoms with Crippen molar-refractivity contribution >= 4 is 29.9 Å². The van der Waals surface area contributed by atoms with Crippen molar-refractivity contribution in [3.8, 4) is 0 Å². The summed E-state index contributed by atoms with van der Waals surface area (Å²) in [4.78, 5) is 68.7. The Morgan fingerprint density at radius 3 is 1.90 bits per heavy atom. The maximum atomic E-state index is 12.1. The molecule has 0 spiro atoms. The predicted octanol–water partition coefficient (Wildman–Crippen LogP) is -0.608. The molecule has 30 heavy (non-hydrogen) atoms. The SMILES string of the molecule is CC(=O)OC[C@H]1OC(OC(C)=O)[C@H](NC(=O)N(C)N=O)[C@@H](OC(C)=O)[C@@H]1OC(C)=O. The average molecular weight is 433 g/mol. The van der Waals surface area contributed by atoms with Crippen LogP contribution in [0.4, 0.5) is 4.79 Å². The Balaban J connectivity index is 3.37. The van der Waals surface area contributed by atoms with Crippen LogP contribution in [0.25, 0.3) is 0 Å². The lowest BCUT2D eigenvalue weighted by Gasteiger charge is -2.44. The van der Waals surface area contributed by atoms with Gasteiger partial charge in [0.1, 0.15) is 18.8 Å². The van der Waals surface area contributed by atoms with Crippen LogP contribution in [0.5, 0.6) is 0 Å². The van der Waals surface area contributed by atoms with Crippen LogP contribution in [-0.4, -0.2) is 79.2 Å². The summed E-state index contributed by atoms with van der Waals surface area (Å²) in [5.41, 5.74) is 0. The van der Waals surface area contributed by atoms with Gasteiger partial charge in [-0.25, -0.2) is 4.79 Å². The second-order valence-corrected chi connectivity index (χ2v) is 6.18. The molecular weight excluding hydrogens is 410 g/mol. The van der Waals surface area contributed by atoms with E-state index in [1.165, 1.54) is 0 Å². The summed E-state index contributed by atoms with van der Waals surface area (Å²) in [5.74, 6) is -3.12. The highest BCUT2D eigenvalue weighted by molar-refractivity contribution is 5.74. The van der Waals surface area contributed by atoms with Gasteiger partial charge in [0.05, 0.1) is 5.29 Å². The fourth-order valence-corrected chi connectivity index (χ4v) is 2.59. The van der Waals surface area contributed by atoms with Crippen LogP contribution in [0, 0.1) is 4.91 Å². The highest BCUT2D eigenvalue weighted by atomic mass is 16.7. The lowest BCUT2D eigenvalue weighted by molar-refractivity contribution is -0.270. The molecule has 2 amide bonds. The Hall–Kier alpha value is -3.29.